The van der Waals surface area contributed by atoms with Crippen LogP contribution in [-0.2, 0) is 6.54 Å². The molecule has 0 amide bonds. The number of hydrogen-bond acceptors (Lipinski definition) is 3. The van der Waals surface area contributed by atoms with E-state index in [4.69, 9.17) is 11.6 Å². The maximum absolute atomic E-state index is 5.88. The Kier molecular flexibility index (Phi) is 2.97. The monoisotopic (exact) mass is 250 g/mol. The Bertz CT molecular complexity index is 516. The molecule has 17 heavy (non-hydrogen) atoms. The highest BCUT2D eigenvalue weighted by atomic mass is 35.5. The first-order chi connectivity index (χ1) is 8.33. The van der Waals surface area contributed by atoms with Gasteiger partial charge in [-0.2, -0.15) is 5.10 Å². The van der Waals surface area contributed by atoms with Crippen molar-refractivity contribution >= 4 is 22.8 Å². The predicted octanol–water partition coefficient (Wildman–Crippen LogP) is 3.06. The first kappa shape index (κ1) is 11.0. The van der Waals surface area contributed by atoms with Gasteiger partial charge in [-0.25, -0.2) is 14.6 Å². The summed E-state index contributed by atoms with van der Waals surface area (Å²) in [5, 5.41) is 4.80. The highest BCUT2D eigenvalue weighted by molar-refractivity contribution is 6.29. The predicted molar refractivity (Wildman–Crippen MR) is 66.9 cm³/mol. The number of rotatable bonds is 2. The van der Waals surface area contributed by atoms with Crippen LogP contribution in [0, 0.1) is 5.92 Å². The van der Waals surface area contributed by atoms with Gasteiger partial charge in [0.15, 0.2) is 5.65 Å². The third kappa shape index (κ3) is 2.27. The lowest BCUT2D eigenvalue weighted by molar-refractivity contribution is 0.311. The molecule has 2 aromatic rings. The Labute approximate surface area is 105 Å². The second-order valence-corrected chi connectivity index (χ2v) is 5.12. The van der Waals surface area contributed by atoms with E-state index in [1.807, 2.05) is 4.68 Å². The van der Waals surface area contributed by atoms with Gasteiger partial charge in [0.1, 0.15) is 10.7 Å². The van der Waals surface area contributed by atoms with Crippen molar-refractivity contribution in [2.45, 2.75) is 38.6 Å². The molecule has 0 bridgehead atoms. The minimum Gasteiger partial charge on any atom is -0.248 e. The summed E-state index contributed by atoms with van der Waals surface area (Å²) in [6, 6.07) is 0. The lowest BCUT2D eigenvalue weighted by Crippen LogP contribution is -2.15. The minimum atomic E-state index is 0.433. The zero-order chi connectivity index (χ0) is 11.7. The number of aromatic nitrogens is 4. The SMILES string of the molecule is Clc1cnc2cnn(CC3CCCCC3)c2n1. The van der Waals surface area contributed by atoms with Crippen molar-refractivity contribution < 1.29 is 0 Å². The van der Waals surface area contributed by atoms with Gasteiger partial charge in [0.25, 0.3) is 0 Å². The normalized spacial score (nSPS) is 17.7. The van der Waals surface area contributed by atoms with Gasteiger partial charge in [-0.3, -0.25) is 0 Å². The maximum atomic E-state index is 5.88. The molecule has 1 saturated carbocycles. The average molecular weight is 251 g/mol. The van der Waals surface area contributed by atoms with Gasteiger partial charge in [0.05, 0.1) is 12.4 Å². The fraction of sp³-hybridized carbons (Fsp3) is 0.583. The summed E-state index contributed by atoms with van der Waals surface area (Å²) in [6.07, 6.45) is 10.00. The molecule has 3 rings (SSSR count). The molecule has 4 nitrogen and oxygen atoms in total. The fourth-order valence-corrected chi connectivity index (χ4v) is 2.70. The molecule has 0 aliphatic heterocycles. The fourth-order valence-electron chi connectivity index (χ4n) is 2.58. The van der Waals surface area contributed by atoms with E-state index >= 15 is 0 Å². The quantitative estimate of drug-likeness (QED) is 0.823. The van der Waals surface area contributed by atoms with Crippen LogP contribution in [0.1, 0.15) is 32.1 Å². The average Bonchev–Trinajstić information content (AvgIpc) is 2.73. The summed E-state index contributed by atoms with van der Waals surface area (Å²) >= 11 is 5.88. The highest BCUT2D eigenvalue weighted by Gasteiger charge is 2.16. The van der Waals surface area contributed by atoms with E-state index in [2.05, 4.69) is 15.1 Å². The largest absolute Gasteiger partial charge is 0.248 e. The molecule has 1 aliphatic carbocycles. The van der Waals surface area contributed by atoms with Crippen LogP contribution in [0.3, 0.4) is 0 Å². The van der Waals surface area contributed by atoms with E-state index in [1.54, 1.807) is 12.4 Å². The second-order valence-electron chi connectivity index (χ2n) is 4.73. The lowest BCUT2D eigenvalue weighted by Gasteiger charge is -2.21. The zero-order valence-corrected chi connectivity index (χ0v) is 10.4. The van der Waals surface area contributed by atoms with Crippen LogP contribution in [0.25, 0.3) is 11.2 Å². The van der Waals surface area contributed by atoms with Crippen molar-refractivity contribution in [1.82, 2.24) is 19.7 Å². The van der Waals surface area contributed by atoms with Crippen LogP contribution < -0.4 is 0 Å². The van der Waals surface area contributed by atoms with Crippen molar-refractivity contribution in [1.29, 1.82) is 0 Å². The van der Waals surface area contributed by atoms with E-state index in [-0.39, 0.29) is 0 Å². The summed E-state index contributed by atoms with van der Waals surface area (Å²) < 4.78 is 1.95. The maximum Gasteiger partial charge on any atom is 0.178 e. The van der Waals surface area contributed by atoms with Crippen LogP contribution >= 0.6 is 11.6 Å². The molecular formula is C12H15ClN4. The third-order valence-electron chi connectivity index (χ3n) is 3.47. The summed E-state index contributed by atoms with van der Waals surface area (Å²) in [5.41, 5.74) is 1.63. The Morgan fingerprint density at radius 2 is 2.06 bits per heavy atom. The first-order valence-corrected chi connectivity index (χ1v) is 6.55. The lowest BCUT2D eigenvalue weighted by atomic mass is 9.89. The van der Waals surface area contributed by atoms with Gasteiger partial charge in [0, 0.05) is 6.54 Å². The molecule has 0 unspecified atom stereocenters. The Balaban J connectivity index is 1.86. The first-order valence-electron chi connectivity index (χ1n) is 6.17. The molecule has 90 valence electrons. The number of fused-ring (bicyclic) bond motifs is 1. The van der Waals surface area contributed by atoms with Crippen molar-refractivity contribution in [2.24, 2.45) is 5.92 Å². The smallest absolute Gasteiger partial charge is 0.178 e. The summed E-state index contributed by atoms with van der Waals surface area (Å²) in [7, 11) is 0. The van der Waals surface area contributed by atoms with E-state index in [0.717, 1.165) is 23.6 Å². The third-order valence-corrected chi connectivity index (χ3v) is 3.65. The standard InChI is InChI=1S/C12H15ClN4/c13-11-7-14-10-6-15-17(12(10)16-11)8-9-4-2-1-3-5-9/h6-7,9H,1-5,8H2. The molecule has 1 aliphatic rings. The van der Waals surface area contributed by atoms with Gasteiger partial charge >= 0.3 is 0 Å². The van der Waals surface area contributed by atoms with Gasteiger partial charge < -0.3 is 0 Å². The molecule has 0 atom stereocenters. The van der Waals surface area contributed by atoms with Crippen molar-refractivity contribution in [3.63, 3.8) is 0 Å². The molecule has 0 N–H and O–H groups in total. The molecule has 0 spiro atoms. The molecule has 0 saturated heterocycles. The second kappa shape index (κ2) is 4.61. The molecule has 0 aromatic carbocycles. The van der Waals surface area contributed by atoms with Gasteiger partial charge in [-0.15, -0.1) is 0 Å². The van der Waals surface area contributed by atoms with Crippen molar-refractivity contribution in [3.8, 4) is 0 Å². The summed E-state index contributed by atoms with van der Waals surface area (Å²) in [5.74, 6) is 0.729. The molecule has 5 heteroatoms. The van der Waals surface area contributed by atoms with E-state index < -0.39 is 0 Å². The van der Waals surface area contributed by atoms with E-state index in [9.17, 15) is 0 Å². The summed E-state index contributed by atoms with van der Waals surface area (Å²) in [6.45, 7) is 0.943. The molecule has 0 radical (unpaired) electrons. The van der Waals surface area contributed by atoms with Crippen LogP contribution in [0.15, 0.2) is 12.4 Å². The zero-order valence-electron chi connectivity index (χ0n) is 9.64. The van der Waals surface area contributed by atoms with Crippen molar-refractivity contribution in [3.05, 3.63) is 17.5 Å². The highest BCUT2D eigenvalue weighted by Crippen LogP contribution is 2.25. The van der Waals surface area contributed by atoms with Crippen molar-refractivity contribution in [2.75, 3.05) is 0 Å². The summed E-state index contributed by atoms with van der Waals surface area (Å²) in [4.78, 5) is 8.52. The Morgan fingerprint density at radius 3 is 2.88 bits per heavy atom. The molecular weight excluding hydrogens is 236 g/mol. The van der Waals surface area contributed by atoms with E-state index in [0.29, 0.717) is 5.15 Å². The molecule has 2 heterocycles. The van der Waals surface area contributed by atoms with Gasteiger partial charge in [0.2, 0.25) is 0 Å². The number of nitrogens with zero attached hydrogens (tertiary/aromatic N) is 4. The van der Waals surface area contributed by atoms with Crippen LogP contribution in [-0.4, -0.2) is 19.7 Å². The number of halogens is 1. The minimum absolute atomic E-state index is 0.433. The van der Waals surface area contributed by atoms with Crippen LogP contribution in [0.2, 0.25) is 5.15 Å². The Morgan fingerprint density at radius 1 is 1.24 bits per heavy atom. The number of hydrogen-bond donors (Lipinski definition) is 0. The molecule has 2 aromatic heterocycles. The van der Waals surface area contributed by atoms with Gasteiger partial charge in [-0.1, -0.05) is 30.9 Å². The van der Waals surface area contributed by atoms with Crippen LogP contribution in [0.5, 0.6) is 0 Å². The Hall–Kier alpha value is -1.16. The van der Waals surface area contributed by atoms with Gasteiger partial charge in [-0.05, 0) is 18.8 Å². The van der Waals surface area contributed by atoms with E-state index in [1.165, 1.54) is 32.1 Å². The topological polar surface area (TPSA) is 43.6 Å². The molecule has 1 fully saturated rings. The van der Waals surface area contributed by atoms with Crippen LogP contribution in [0.4, 0.5) is 0 Å².